The van der Waals surface area contributed by atoms with Crippen LogP contribution in [0.4, 0.5) is 0 Å². The van der Waals surface area contributed by atoms with Gasteiger partial charge in [0.2, 0.25) is 0 Å². The van der Waals surface area contributed by atoms with Crippen molar-refractivity contribution in [3.8, 4) is 0 Å². The zero-order valence-corrected chi connectivity index (χ0v) is 9.71. The molecule has 2 rings (SSSR count). The standard InChI is InChI=1S/C12H19NO2/c1-12(2,3)7-11-13-9-5-4-8(14)6-10(9)15-11/h8,14H,4-7H2,1-3H3. The van der Waals surface area contributed by atoms with Gasteiger partial charge in [0.25, 0.3) is 0 Å². The molecule has 0 radical (unpaired) electrons. The van der Waals surface area contributed by atoms with Gasteiger partial charge < -0.3 is 9.52 Å². The number of oxazole rings is 1. The van der Waals surface area contributed by atoms with Gasteiger partial charge in [0.05, 0.1) is 11.8 Å². The first-order valence-electron chi connectivity index (χ1n) is 5.59. The van der Waals surface area contributed by atoms with Crippen LogP contribution in [0, 0.1) is 5.41 Å². The minimum absolute atomic E-state index is 0.200. The van der Waals surface area contributed by atoms with E-state index in [1.165, 1.54) is 0 Å². The Morgan fingerprint density at radius 2 is 2.20 bits per heavy atom. The maximum Gasteiger partial charge on any atom is 0.195 e. The predicted octanol–water partition coefficient (Wildman–Crippen LogP) is 2.11. The van der Waals surface area contributed by atoms with Crippen molar-refractivity contribution in [2.75, 3.05) is 0 Å². The zero-order valence-electron chi connectivity index (χ0n) is 9.71. The molecule has 1 atom stereocenters. The molecule has 1 aliphatic carbocycles. The number of fused-ring (bicyclic) bond motifs is 1. The number of aromatic nitrogens is 1. The van der Waals surface area contributed by atoms with E-state index >= 15 is 0 Å². The lowest BCUT2D eigenvalue weighted by molar-refractivity contribution is 0.149. The Morgan fingerprint density at radius 3 is 2.87 bits per heavy atom. The number of rotatable bonds is 1. The van der Waals surface area contributed by atoms with E-state index in [2.05, 4.69) is 25.8 Å². The monoisotopic (exact) mass is 209 g/mol. The summed E-state index contributed by atoms with van der Waals surface area (Å²) in [5.74, 6) is 1.72. The van der Waals surface area contributed by atoms with Crippen LogP contribution in [-0.2, 0) is 19.3 Å². The quantitative estimate of drug-likeness (QED) is 0.770. The van der Waals surface area contributed by atoms with Crippen molar-refractivity contribution in [1.29, 1.82) is 0 Å². The van der Waals surface area contributed by atoms with E-state index in [0.717, 1.165) is 36.6 Å². The van der Waals surface area contributed by atoms with E-state index in [0.29, 0.717) is 6.42 Å². The third-order valence-electron chi connectivity index (χ3n) is 2.64. The molecule has 1 unspecified atom stereocenters. The average Bonchev–Trinajstić information content (AvgIpc) is 2.42. The number of aliphatic hydroxyl groups excluding tert-OH is 1. The Kier molecular flexibility index (Phi) is 2.59. The van der Waals surface area contributed by atoms with Gasteiger partial charge >= 0.3 is 0 Å². The summed E-state index contributed by atoms with van der Waals surface area (Å²) in [7, 11) is 0. The molecule has 0 amide bonds. The molecule has 84 valence electrons. The molecule has 3 nitrogen and oxygen atoms in total. The fourth-order valence-electron chi connectivity index (χ4n) is 1.94. The molecule has 0 saturated carbocycles. The molecule has 15 heavy (non-hydrogen) atoms. The second kappa shape index (κ2) is 3.63. The van der Waals surface area contributed by atoms with Crippen LogP contribution < -0.4 is 0 Å². The molecule has 1 aliphatic rings. The molecule has 1 N–H and O–H groups in total. The lowest BCUT2D eigenvalue weighted by Gasteiger charge is -2.14. The maximum absolute atomic E-state index is 9.51. The summed E-state index contributed by atoms with van der Waals surface area (Å²) >= 11 is 0. The number of nitrogens with zero attached hydrogens (tertiary/aromatic N) is 1. The van der Waals surface area contributed by atoms with Crippen LogP contribution in [0.2, 0.25) is 0 Å². The van der Waals surface area contributed by atoms with E-state index in [9.17, 15) is 5.11 Å². The van der Waals surface area contributed by atoms with Crippen molar-refractivity contribution in [2.45, 2.75) is 52.6 Å². The summed E-state index contributed by atoms with van der Waals surface area (Å²) in [6.07, 6.45) is 2.91. The van der Waals surface area contributed by atoms with Gasteiger partial charge in [0, 0.05) is 12.8 Å². The predicted molar refractivity (Wildman–Crippen MR) is 57.7 cm³/mol. The molecule has 0 fully saturated rings. The fraction of sp³-hybridized carbons (Fsp3) is 0.750. The van der Waals surface area contributed by atoms with E-state index < -0.39 is 0 Å². The molecule has 0 aliphatic heterocycles. The van der Waals surface area contributed by atoms with Gasteiger partial charge in [-0.15, -0.1) is 0 Å². The van der Waals surface area contributed by atoms with Gasteiger partial charge in [0.15, 0.2) is 5.89 Å². The van der Waals surface area contributed by atoms with Gasteiger partial charge in [-0.1, -0.05) is 20.8 Å². The topological polar surface area (TPSA) is 46.3 Å². The number of aryl methyl sites for hydroxylation is 1. The van der Waals surface area contributed by atoms with Crippen LogP contribution >= 0.6 is 0 Å². The smallest absolute Gasteiger partial charge is 0.195 e. The maximum atomic E-state index is 9.51. The molecule has 0 bridgehead atoms. The van der Waals surface area contributed by atoms with E-state index in [1.807, 2.05) is 0 Å². The second-order valence-electron chi connectivity index (χ2n) is 5.61. The average molecular weight is 209 g/mol. The molecule has 0 spiro atoms. The Morgan fingerprint density at radius 1 is 1.47 bits per heavy atom. The lowest BCUT2D eigenvalue weighted by Crippen LogP contribution is -2.17. The highest BCUT2D eigenvalue weighted by molar-refractivity contribution is 5.15. The first-order valence-corrected chi connectivity index (χ1v) is 5.59. The normalized spacial score (nSPS) is 21.5. The summed E-state index contributed by atoms with van der Waals surface area (Å²) < 4.78 is 5.68. The molecular formula is C12H19NO2. The first kappa shape index (κ1) is 10.7. The minimum Gasteiger partial charge on any atom is -0.445 e. The molecule has 1 aromatic heterocycles. The zero-order chi connectivity index (χ0) is 11.1. The largest absolute Gasteiger partial charge is 0.445 e. The highest BCUT2D eigenvalue weighted by Gasteiger charge is 2.24. The summed E-state index contributed by atoms with van der Waals surface area (Å²) in [5, 5.41) is 9.51. The van der Waals surface area contributed by atoms with E-state index in [-0.39, 0.29) is 11.5 Å². The number of hydrogen-bond donors (Lipinski definition) is 1. The number of aliphatic hydroxyl groups is 1. The van der Waals surface area contributed by atoms with Crippen LogP contribution in [0.25, 0.3) is 0 Å². The van der Waals surface area contributed by atoms with E-state index in [4.69, 9.17) is 4.42 Å². The van der Waals surface area contributed by atoms with Gasteiger partial charge in [0.1, 0.15) is 5.76 Å². The Labute approximate surface area is 90.5 Å². The lowest BCUT2D eigenvalue weighted by atomic mass is 9.92. The summed E-state index contributed by atoms with van der Waals surface area (Å²) in [5.41, 5.74) is 1.26. The van der Waals surface area contributed by atoms with Gasteiger partial charge in [-0.2, -0.15) is 0 Å². The van der Waals surface area contributed by atoms with Gasteiger partial charge in [-0.3, -0.25) is 0 Å². The van der Waals surface area contributed by atoms with Gasteiger partial charge in [-0.25, -0.2) is 4.98 Å². The van der Waals surface area contributed by atoms with E-state index in [1.54, 1.807) is 0 Å². The van der Waals surface area contributed by atoms with Gasteiger partial charge in [-0.05, 0) is 18.3 Å². The summed E-state index contributed by atoms with van der Waals surface area (Å²) in [6.45, 7) is 6.51. The Hall–Kier alpha value is -0.830. The van der Waals surface area contributed by atoms with Crippen molar-refractivity contribution in [2.24, 2.45) is 5.41 Å². The van der Waals surface area contributed by atoms with Crippen molar-refractivity contribution < 1.29 is 9.52 Å². The molecule has 0 saturated heterocycles. The SMILES string of the molecule is CC(C)(C)Cc1nc2c(o1)CC(O)CC2. The highest BCUT2D eigenvalue weighted by atomic mass is 16.4. The molecular weight excluding hydrogens is 190 g/mol. The molecule has 1 heterocycles. The van der Waals surface area contributed by atoms with Crippen molar-refractivity contribution in [3.63, 3.8) is 0 Å². The molecule has 1 aromatic rings. The van der Waals surface area contributed by atoms with Crippen LogP contribution in [0.3, 0.4) is 0 Å². The van der Waals surface area contributed by atoms with Crippen molar-refractivity contribution in [3.05, 3.63) is 17.3 Å². The Bertz CT molecular complexity index is 349. The minimum atomic E-state index is -0.243. The third-order valence-corrected chi connectivity index (χ3v) is 2.64. The number of hydrogen-bond acceptors (Lipinski definition) is 3. The van der Waals surface area contributed by atoms with Crippen LogP contribution in [-0.4, -0.2) is 16.2 Å². The van der Waals surface area contributed by atoms with Crippen molar-refractivity contribution in [1.82, 2.24) is 4.98 Å². The summed E-state index contributed by atoms with van der Waals surface area (Å²) in [6, 6.07) is 0. The highest BCUT2D eigenvalue weighted by Crippen LogP contribution is 2.26. The summed E-state index contributed by atoms with van der Waals surface area (Å²) in [4.78, 5) is 4.49. The first-order chi connectivity index (χ1) is 6.94. The van der Waals surface area contributed by atoms with Crippen molar-refractivity contribution >= 4 is 0 Å². The van der Waals surface area contributed by atoms with Crippen LogP contribution in [0.1, 0.15) is 44.5 Å². The van der Waals surface area contributed by atoms with Crippen LogP contribution in [0.15, 0.2) is 4.42 Å². The van der Waals surface area contributed by atoms with Crippen LogP contribution in [0.5, 0.6) is 0 Å². The molecule has 0 aromatic carbocycles. The fourth-order valence-corrected chi connectivity index (χ4v) is 1.94. The third kappa shape index (κ3) is 2.59. The molecule has 3 heteroatoms. The Balaban J connectivity index is 2.16. The second-order valence-corrected chi connectivity index (χ2v) is 5.61.